The minimum absolute atomic E-state index is 0.0399. The molecule has 3 aromatic rings. The number of hydrogen-bond donors (Lipinski definition) is 2. The first kappa shape index (κ1) is 14.2. The van der Waals surface area contributed by atoms with Gasteiger partial charge in [0.15, 0.2) is 5.65 Å². The highest BCUT2D eigenvalue weighted by Gasteiger charge is 2.18. The molecule has 0 unspecified atom stereocenters. The molecule has 1 aromatic carbocycles. The van der Waals surface area contributed by atoms with E-state index in [9.17, 15) is 4.79 Å². The summed E-state index contributed by atoms with van der Waals surface area (Å²) in [5, 5.41) is 6.51. The molecule has 0 radical (unpaired) electrons. The first-order valence-electron chi connectivity index (χ1n) is 8.11. The van der Waals surface area contributed by atoms with Crippen LogP contribution >= 0.6 is 0 Å². The van der Waals surface area contributed by atoms with Crippen molar-refractivity contribution >= 4 is 5.65 Å². The standard InChI is InChI=1S/C18H20N4O/c1-12-2-4-13(5-3-12)16-10-17-20-15(11-18(23)22(17)21-16)14-6-8-19-9-7-14/h2-5,10-11,14,19,21H,6-9H2,1H3. The Bertz CT molecular complexity index is 886. The molecule has 1 aliphatic rings. The van der Waals surface area contributed by atoms with Crippen LogP contribution in [0.4, 0.5) is 0 Å². The molecule has 2 aromatic heterocycles. The fraction of sp³-hybridized carbons (Fsp3) is 0.333. The molecule has 4 rings (SSSR count). The summed E-state index contributed by atoms with van der Waals surface area (Å²) in [4.78, 5) is 17.1. The molecule has 23 heavy (non-hydrogen) atoms. The molecule has 1 aliphatic heterocycles. The number of nitrogens with zero attached hydrogens (tertiary/aromatic N) is 2. The Morgan fingerprint density at radius 2 is 1.87 bits per heavy atom. The summed E-state index contributed by atoms with van der Waals surface area (Å²) >= 11 is 0. The van der Waals surface area contributed by atoms with Crippen molar-refractivity contribution in [1.29, 1.82) is 0 Å². The number of aryl methyl sites for hydroxylation is 1. The number of aromatic nitrogens is 3. The third-order valence-corrected chi connectivity index (χ3v) is 4.59. The Morgan fingerprint density at radius 3 is 2.61 bits per heavy atom. The zero-order chi connectivity index (χ0) is 15.8. The van der Waals surface area contributed by atoms with Gasteiger partial charge >= 0.3 is 0 Å². The van der Waals surface area contributed by atoms with Crippen LogP contribution in [0.25, 0.3) is 16.9 Å². The second kappa shape index (κ2) is 5.66. The topological polar surface area (TPSA) is 62.2 Å². The summed E-state index contributed by atoms with van der Waals surface area (Å²) < 4.78 is 1.53. The number of piperidine rings is 1. The lowest BCUT2D eigenvalue weighted by atomic mass is 9.94. The van der Waals surface area contributed by atoms with Crippen LogP contribution in [0.3, 0.4) is 0 Å². The van der Waals surface area contributed by atoms with Crippen molar-refractivity contribution in [3.63, 3.8) is 0 Å². The number of aromatic amines is 1. The lowest BCUT2D eigenvalue weighted by Crippen LogP contribution is -2.28. The number of H-pyrrole nitrogens is 1. The van der Waals surface area contributed by atoms with Gasteiger partial charge in [-0.1, -0.05) is 29.8 Å². The van der Waals surface area contributed by atoms with Crippen LogP contribution in [0.5, 0.6) is 0 Å². The minimum atomic E-state index is -0.0399. The molecule has 5 nitrogen and oxygen atoms in total. The monoisotopic (exact) mass is 308 g/mol. The largest absolute Gasteiger partial charge is 0.317 e. The Morgan fingerprint density at radius 1 is 1.13 bits per heavy atom. The summed E-state index contributed by atoms with van der Waals surface area (Å²) in [5.74, 6) is 0.381. The highest BCUT2D eigenvalue weighted by atomic mass is 16.1. The zero-order valence-corrected chi connectivity index (χ0v) is 13.2. The van der Waals surface area contributed by atoms with E-state index in [0.717, 1.165) is 42.9 Å². The van der Waals surface area contributed by atoms with Crippen molar-refractivity contribution in [3.8, 4) is 11.3 Å². The van der Waals surface area contributed by atoms with Crippen LogP contribution < -0.4 is 10.9 Å². The van der Waals surface area contributed by atoms with Crippen molar-refractivity contribution < 1.29 is 0 Å². The number of rotatable bonds is 2. The number of fused-ring (bicyclic) bond motifs is 1. The van der Waals surface area contributed by atoms with Crippen LogP contribution in [0.15, 0.2) is 41.2 Å². The Kier molecular flexibility index (Phi) is 3.50. The maximum Gasteiger partial charge on any atom is 0.272 e. The van der Waals surface area contributed by atoms with Gasteiger partial charge in [-0.15, -0.1) is 0 Å². The third-order valence-electron chi connectivity index (χ3n) is 4.59. The third kappa shape index (κ3) is 2.68. The molecule has 5 heteroatoms. The number of hydrogen-bond acceptors (Lipinski definition) is 3. The van der Waals surface area contributed by atoms with Crippen LogP contribution in [0.1, 0.15) is 30.0 Å². The van der Waals surface area contributed by atoms with E-state index in [4.69, 9.17) is 4.98 Å². The Hall–Kier alpha value is -2.40. The van der Waals surface area contributed by atoms with Crippen LogP contribution in [0.2, 0.25) is 0 Å². The van der Waals surface area contributed by atoms with E-state index in [1.807, 2.05) is 6.07 Å². The van der Waals surface area contributed by atoms with Crippen LogP contribution in [-0.2, 0) is 0 Å². The van der Waals surface area contributed by atoms with Gasteiger partial charge < -0.3 is 5.32 Å². The van der Waals surface area contributed by atoms with E-state index in [2.05, 4.69) is 41.6 Å². The molecular formula is C18H20N4O. The predicted molar refractivity (Wildman–Crippen MR) is 90.8 cm³/mol. The molecule has 0 saturated carbocycles. The average Bonchev–Trinajstić information content (AvgIpc) is 3.01. The predicted octanol–water partition coefficient (Wildman–Crippen LogP) is 2.47. The summed E-state index contributed by atoms with van der Waals surface area (Å²) in [6, 6.07) is 11.9. The summed E-state index contributed by atoms with van der Waals surface area (Å²) in [6.45, 7) is 4.05. The maximum absolute atomic E-state index is 12.4. The molecule has 0 bridgehead atoms. The minimum Gasteiger partial charge on any atom is -0.317 e. The molecule has 0 amide bonds. The van der Waals surface area contributed by atoms with Crippen molar-refractivity contribution in [2.24, 2.45) is 0 Å². The smallest absolute Gasteiger partial charge is 0.272 e. The fourth-order valence-corrected chi connectivity index (χ4v) is 3.22. The van der Waals surface area contributed by atoms with E-state index >= 15 is 0 Å². The normalized spacial score (nSPS) is 16.0. The first-order valence-corrected chi connectivity index (χ1v) is 8.11. The van der Waals surface area contributed by atoms with Gasteiger partial charge in [-0.25, -0.2) is 9.50 Å². The van der Waals surface area contributed by atoms with Gasteiger partial charge in [0.25, 0.3) is 5.56 Å². The van der Waals surface area contributed by atoms with Crippen molar-refractivity contribution in [2.75, 3.05) is 13.1 Å². The summed E-state index contributed by atoms with van der Waals surface area (Å²) in [6.07, 6.45) is 2.08. The Labute approximate surface area is 134 Å². The van der Waals surface area contributed by atoms with Gasteiger partial charge in [0.1, 0.15) is 0 Å². The van der Waals surface area contributed by atoms with Gasteiger partial charge in [-0.05, 0) is 38.4 Å². The molecule has 2 N–H and O–H groups in total. The average molecular weight is 308 g/mol. The Balaban J connectivity index is 1.77. The van der Waals surface area contributed by atoms with Gasteiger partial charge in [0.2, 0.25) is 0 Å². The highest BCUT2D eigenvalue weighted by molar-refractivity contribution is 5.64. The van der Waals surface area contributed by atoms with E-state index in [1.165, 1.54) is 10.1 Å². The zero-order valence-electron chi connectivity index (χ0n) is 13.2. The first-order chi connectivity index (χ1) is 11.2. The van der Waals surface area contributed by atoms with Crippen LogP contribution in [0, 0.1) is 6.92 Å². The van der Waals surface area contributed by atoms with E-state index in [0.29, 0.717) is 11.6 Å². The molecular weight excluding hydrogens is 288 g/mol. The second-order valence-electron chi connectivity index (χ2n) is 6.27. The lowest BCUT2D eigenvalue weighted by molar-refractivity contribution is 0.453. The number of nitrogens with one attached hydrogen (secondary N) is 2. The van der Waals surface area contributed by atoms with E-state index < -0.39 is 0 Å². The van der Waals surface area contributed by atoms with Crippen molar-refractivity contribution in [1.82, 2.24) is 19.9 Å². The lowest BCUT2D eigenvalue weighted by Gasteiger charge is -2.21. The molecule has 3 heterocycles. The fourth-order valence-electron chi connectivity index (χ4n) is 3.22. The van der Waals surface area contributed by atoms with Crippen molar-refractivity contribution in [2.45, 2.75) is 25.7 Å². The van der Waals surface area contributed by atoms with E-state index in [1.54, 1.807) is 6.07 Å². The SMILES string of the molecule is Cc1ccc(-c2cc3nc(C4CCNCC4)cc(=O)n3[nH]2)cc1. The summed E-state index contributed by atoms with van der Waals surface area (Å²) in [5.41, 5.74) is 4.77. The quantitative estimate of drug-likeness (QED) is 0.764. The molecule has 1 saturated heterocycles. The van der Waals surface area contributed by atoms with Crippen molar-refractivity contribution in [3.05, 3.63) is 58.0 Å². The molecule has 1 fully saturated rings. The second-order valence-corrected chi connectivity index (χ2v) is 6.27. The highest BCUT2D eigenvalue weighted by Crippen LogP contribution is 2.24. The molecule has 0 aliphatic carbocycles. The molecule has 0 spiro atoms. The van der Waals surface area contributed by atoms with Gasteiger partial charge in [0.05, 0.1) is 11.4 Å². The van der Waals surface area contributed by atoms with E-state index in [-0.39, 0.29) is 5.56 Å². The van der Waals surface area contributed by atoms with Crippen LogP contribution in [-0.4, -0.2) is 27.7 Å². The summed E-state index contributed by atoms with van der Waals surface area (Å²) in [7, 11) is 0. The molecule has 0 atom stereocenters. The molecule has 118 valence electrons. The van der Waals surface area contributed by atoms with Gasteiger partial charge in [-0.3, -0.25) is 9.89 Å². The number of benzene rings is 1. The van der Waals surface area contributed by atoms with Gasteiger partial charge in [-0.2, -0.15) is 0 Å². The van der Waals surface area contributed by atoms with Gasteiger partial charge in [0, 0.05) is 18.1 Å². The maximum atomic E-state index is 12.4.